The molecule has 2 fully saturated rings. The van der Waals surface area contributed by atoms with Gasteiger partial charge in [0.15, 0.2) is 0 Å². The van der Waals surface area contributed by atoms with Crippen molar-refractivity contribution in [3.05, 3.63) is 0 Å². The zero-order valence-electron chi connectivity index (χ0n) is 11.8. The summed E-state index contributed by atoms with van der Waals surface area (Å²) in [5.74, 6) is 0.103. The largest absolute Gasteiger partial charge is 0.387 e. The fraction of sp³-hybridized carbons (Fsp3) is 1.00. The molecular weight excluding hydrogens is 266 g/mol. The molecule has 0 amide bonds. The van der Waals surface area contributed by atoms with Crippen LogP contribution in [0, 0.1) is 5.92 Å². The van der Waals surface area contributed by atoms with Crippen molar-refractivity contribution in [3.8, 4) is 0 Å². The zero-order valence-corrected chi connectivity index (χ0v) is 12.7. The summed E-state index contributed by atoms with van der Waals surface area (Å²) < 4.78 is 31.2. The van der Waals surface area contributed by atoms with Crippen LogP contribution in [0.1, 0.15) is 39.5 Å². The SMILES string of the molecule is CC(COC1CCCC1)CS(=O)(=O)N1CC(C)(O)C1. The van der Waals surface area contributed by atoms with E-state index in [9.17, 15) is 13.5 Å². The van der Waals surface area contributed by atoms with Gasteiger partial charge in [0.2, 0.25) is 10.0 Å². The van der Waals surface area contributed by atoms with E-state index >= 15 is 0 Å². The molecule has 0 aromatic heterocycles. The summed E-state index contributed by atoms with van der Waals surface area (Å²) in [6.07, 6.45) is 4.98. The van der Waals surface area contributed by atoms with E-state index in [1.165, 1.54) is 17.1 Å². The summed E-state index contributed by atoms with van der Waals surface area (Å²) in [5, 5.41) is 9.60. The third-order valence-electron chi connectivity index (χ3n) is 3.84. The van der Waals surface area contributed by atoms with E-state index in [4.69, 9.17) is 4.74 Å². The van der Waals surface area contributed by atoms with Gasteiger partial charge >= 0.3 is 0 Å². The molecule has 0 aromatic rings. The van der Waals surface area contributed by atoms with Gasteiger partial charge in [-0.2, -0.15) is 4.31 Å². The Morgan fingerprint density at radius 2 is 1.95 bits per heavy atom. The Hall–Kier alpha value is -0.170. The van der Waals surface area contributed by atoms with Gasteiger partial charge in [0.25, 0.3) is 0 Å². The molecule has 1 heterocycles. The molecule has 1 aliphatic heterocycles. The minimum Gasteiger partial charge on any atom is -0.387 e. The number of nitrogens with zero attached hydrogens (tertiary/aromatic N) is 1. The Morgan fingerprint density at radius 3 is 2.47 bits per heavy atom. The van der Waals surface area contributed by atoms with Gasteiger partial charge in [0.1, 0.15) is 0 Å². The monoisotopic (exact) mass is 291 g/mol. The van der Waals surface area contributed by atoms with Crippen LogP contribution >= 0.6 is 0 Å². The third-order valence-corrected chi connectivity index (χ3v) is 5.88. The molecule has 112 valence electrons. The van der Waals surface area contributed by atoms with Crippen LogP contribution in [0.15, 0.2) is 0 Å². The molecule has 1 saturated carbocycles. The molecule has 19 heavy (non-hydrogen) atoms. The van der Waals surface area contributed by atoms with Crippen LogP contribution in [0.25, 0.3) is 0 Å². The molecule has 0 spiro atoms. The van der Waals surface area contributed by atoms with Crippen molar-refractivity contribution in [1.82, 2.24) is 4.31 Å². The first-order valence-electron chi connectivity index (χ1n) is 7.10. The maximum atomic E-state index is 12.1. The predicted octanol–water partition coefficient (Wildman–Crippen LogP) is 0.978. The lowest BCUT2D eigenvalue weighted by atomic mass is 10.0. The topological polar surface area (TPSA) is 66.8 Å². The third kappa shape index (κ3) is 4.15. The summed E-state index contributed by atoms with van der Waals surface area (Å²) in [4.78, 5) is 0. The number of rotatable bonds is 6. The molecule has 1 unspecified atom stereocenters. The van der Waals surface area contributed by atoms with Crippen LogP contribution in [-0.2, 0) is 14.8 Å². The molecule has 1 atom stereocenters. The lowest BCUT2D eigenvalue weighted by Gasteiger charge is -2.43. The van der Waals surface area contributed by atoms with Crippen molar-refractivity contribution in [3.63, 3.8) is 0 Å². The van der Waals surface area contributed by atoms with E-state index in [0.29, 0.717) is 12.7 Å². The van der Waals surface area contributed by atoms with Gasteiger partial charge < -0.3 is 9.84 Å². The molecular formula is C13H25NO4S. The Balaban J connectivity index is 1.73. The van der Waals surface area contributed by atoms with Crippen LogP contribution in [0.5, 0.6) is 0 Å². The number of β-amino-alcohol motifs (C(OH)–C–C–N with tert-alkyl or cyclic N) is 1. The second-order valence-electron chi connectivity index (χ2n) is 6.39. The van der Waals surface area contributed by atoms with E-state index in [1.54, 1.807) is 6.92 Å². The molecule has 1 aliphatic carbocycles. The van der Waals surface area contributed by atoms with Crippen molar-refractivity contribution >= 4 is 10.0 Å². The van der Waals surface area contributed by atoms with Crippen molar-refractivity contribution in [2.75, 3.05) is 25.4 Å². The second kappa shape index (κ2) is 5.68. The Morgan fingerprint density at radius 1 is 1.37 bits per heavy atom. The van der Waals surface area contributed by atoms with Crippen LogP contribution < -0.4 is 0 Å². The Labute approximate surface area is 116 Å². The van der Waals surface area contributed by atoms with Crippen LogP contribution in [0.4, 0.5) is 0 Å². The zero-order chi connectivity index (χ0) is 14.1. The average Bonchev–Trinajstić information content (AvgIpc) is 2.75. The molecule has 0 radical (unpaired) electrons. The van der Waals surface area contributed by atoms with Crippen molar-refractivity contribution < 1.29 is 18.3 Å². The van der Waals surface area contributed by atoms with Gasteiger partial charge in [0, 0.05) is 13.1 Å². The lowest BCUT2D eigenvalue weighted by molar-refractivity contribution is -0.0429. The highest BCUT2D eigenvalue weighted by Gasteiger charge is 2.43. The number of hydrogen-bond donors (Lipinski definition) is 1. The molecule has 5 nitrogen and oxygen atoms in total. The normalized spacial score (nSPS) is 26.3. The van der Waals surface area contributed by atoms with Gasteiger partial charge in [-0.15, -0.1) is 0 Å². The molecule has 1 N–H and O–H groups in total. The molecule has 1 saturated heterocycles. The van der Waals surface area contributed by atoms with Gasteiger partial charge in [-0.25, -0.2) is 8.42 Å². The van der Waals surface area contributed by atoms with E-state index < -0.39 is 15.6 Å². The maximum absolute atomic E-state index is 12.1. The first-order valence-corrected chi connectivity index (χ1v) is 8.71. The minimum atomic E-state index is -3.25. The fourth-order valence-corrected chi connectivity index (χ4v) is 4.75. The maximum Gasteiger partial charge on any atom is 0.214 e. The molecule has 0 aromatic carbocycles. The van der Waals surface area contributed by atoms with Crippen molar-refractivity contribution in [2.24, 2.45) is 5.92 Å². The number of ether oxygens (including phenoxy) is 1. The van der Waals surface area contributed by atoms with Crippen LogP contribution in [-0.4, -0.2) is 55.0 Å². The van der Waals surface area contributed by atoms with Crippen LogP contribution in [0.3, 0.4) is 0 Å². The van der Waals surface area contributed by atoms with Gasteiger partial charge in [-0.3, -0.25) is 0 Å². The number of aliphatic hydroxyl groups is 1. The second-order valence-corrected chi connectivity index (χ2v) is 8.40. The van der Waals surface area contributed by atoms with Gasteiger partial charge in [-0.05, 0) is 25.7 Å². The van der Waals surface area contributed by atoms with Crippen LogP contribution in [0.2, 0.25) is 0 Å². The lowest BCUT2D eigenvalue weighted by Crippen LogP contribution is -2.62. The summed E-state index contributed by atoms with van der Waals surface area (Å²) in [6, 6.07) is 0. The standard InChI is InChI=1S/C13H25NO4S/c1-11(7-18-12-5-3-4-6-12)8-19(16,17)14-9-13(2,15)10-14/h11-12,15H,3-10H2,1-2H3. The number of sulfonamides is 1. The van der Waals surface area contributed by atoms with E-state index in [1.807, 2.05) is 6.92 Å². The molecule has 2 aliphatic rings. The van der Waals surface area contributed by atoms with E-state index in [0.717, 1.165) is 12.8 Å². The highest BCUT2D eigenvalue weighted by atomic mass is 32.2. The molecule has 2 rings (SSSR count). The smallest absolute Gasteiger partial charge is 0.214 e. The Bertz CT molecular complexity index is 393. The summed E-state index contributed by atoms with van der Waals surface area (Å²) in [5.41, 5.74) is -0.851. The first kappa shape index (κ1) is 15.2. The molecule has 0 bridgehead atoms. The highest BCUT2D eigenvalue weighted by Crippen LogP contribution is 2.25. The van der Waals surface area contributed by atoms with Crippen molar-refractivity contribution in [2.45, 2.75) is 51.2 Å². The van der Waals surface area contributed by atoms with Crippen molar-refractivity contribution in [1.29, 1.82) is 0 Å². The highest BCUT2D eigenvalue weighted by molar-refractivity contribution is 7.89. The Kier molecular flexibility index (Phi) is 4.55. The summed E-state index contributed by atoms with van der Waals surface area (Å²) >= 11 is 0. The first-order chi connectivity index (χ1) is 8.78. The van der Waals surface area contributed by atoms with Gasteiger partial charge in [-0.1, -0.05) is 19.8 Å². The molecule has 6 heteroatoms. The van der Waals surface area contributed by atoms with E-state index in [-0.39, 0.29) is 24.8 Å². The van der Waals surface area contributed by atoms with Gasteiger partial charge in [0.05, 0.1) is 24.1 Å². The quantitative estimate of drug-likeness (QED) is 0.792. The fourth-order valence-electron chi connectivity index (χ4n) is 2.78. The predicted molar refractivity (Wildman–Crippen MR) is 73.4 cm³/mol. The average molecular weight is 291 g/mol. The number of hydrogen-bond acceptors (Lipinski definition) is 4. The van der Waals surface area contributed by atoms with E-state index in [2.05, 4.69) is 0 Å². The summed E-state index contributed by atoms with van der Waals surface area (Å²) in [6.45, 7) is 4.50. The summed E-state index contributed by atoms with van der Waals surface area (Å²) in [7, 11) is -3.25. The minimum absolute atomic E-state index is 0.00357.